The van der Waals surface area contributed by atoms with Crippen molar-refractivity contribution in [1.82, 2.24) is 19.4 Å². The van der Waals surface area contributed by atoms with Crippen LogP contribution in [0.2, 0.25) is 0 Å². The maximum Gasteiger partial charge on any atom is 0.410 e. The van der Waals surface area contributed by atoms with Crippen molar-refractivity contribution in [2.24, 2.45) is 0 Å². The second-order valence-electron chi connectivity index (χ2n) is 9.62. The van der Waals surface area contributed by atoms with Gasteiger partial charge in [-0.1, -0.05) is 0 Å². The van der Waals surface area contributed by atoms with E-state index in [4.69, 9.17) is 9.47 Å². The molecule has 1 saturated heterocycles. The van der Waals surface area contributed by atoms with Crippen LogP contribution in [0.5, 0.6) is 5.75 Å². The van der Waals surface area contributed by atoms with E-state index in [9.17, 15) is 9.18 Å². The molecule has 8 heteroatoms. The first-order valence-electron chi connectivity index (χ1n) is 11.5. The summed E-state index contributed by atoms with van der Waals surface area (Å²) in [6, 6.07) is 7.42. The molecular formula is C25H33FN4O3. The quantitative estimate of drug-likeness (QED) is 0.526. The number of hydrogen-bond donors (Lipinski definition) is 0. The molecule has 0 atom stereocenters. The van der Waals surface area contributed by atoms with Crippen molar-refractivity contribution >= 4 is 27.9 Å². The molecule has 1 fully saturated rings. The van der Waals surface area contributed by atoms with Gasteiger partial charge in [0.15, 0.2) is 0 Å². The molecule has 3 heterocycles. The number of aromatic nitrogens is 2. The third-order valence-electron chi connectivity index (χ3n) is 6.07. The summed E-state index contributed by atoms with van der Waals surface area (Å²) in [7, 11) is 1.65. The van der Waals surface area contributed by atoms with Crippen LogP contribution in [0, 0.1) is 12.9 Å². The van der Waals surface area contributed by atoms with Gasteiger partial charge in [-0.15, -0.1) is 0 Å². The lowest BCUT2D eigenvalue weighted by Gasteiger charge is -2.35. The summed E-state index contributed by atoms with van der Waals surface area (Å²) in [5, 5.41) is 1.88. The Morgan fingerprint density at radius 1 is 1.09 bits per heavy atom. The molecular weight excluding hydrogens is 423 g/mol. The van der Waals surface area contributed by atoms with Gasteiger partial charge in [-0.3, -0.25) is 4.90 Å². The van der Waals surface area contributed by atoms with Crippen molar-refractivity contribution in [3.8, 4) is 5.75 Å². The van der Waals surface area contributed by atoms with Crippen LogP contribution in [0.15, 0.2) is 24.3 Å². The van der Waals surface area contributed by atoms with Crippen LogP contribution in [0.4, 0.5) is 9.18 Å². The summed E-state index contributed by atoms with van der Waals surface area (Å²) in [5.41, 5.74) is 2.20. The maximum atomic E-state index is 14.1. The molecule has 7 nitrogen and oxygen atoms in total. The summed E-state index contributed by atoms with van der Waals surface area (Å²) < 4.78 is 27.2. The number of pyridine rings is 1. The third-order valence-corrected chi connectivity index (χ3v) is 6.07. The van der Waals surface area contributed by atoms with Gasteiger partial charge < -0.3 is 18.9 Å². The van der Waals surface area contributed by atoms with Crippen LogP contribution in [0.3, 0.4) is 0 Å². The van der Waals surface area contributed by atoms with Gasteiger partial charge in [0.1, 0.15) is 11.4 Å². The Morgan fingerprint density at radius 3 is 2.48 bits per heavy atom. The maximum absolute atomic E-state index is 14.1. The molecule has 4 rings (SSSR count). The predicted molar refractivity (Wildman–Crippen MR) is 127 cm³/mol. The van der Waals surface area contributed by atoms with Gasteiger partial charge >= 0.3 is 6.09 Å². The number of fused-ring (bicyclic) bond motifs is 3. The summed E-state index contributed by atoms with van der Waals surface area (Å²) in [5.74, 6) is 0.314. The summed E-state index contributed by atoms with van der Waals surface area (Å²) in [6.07, 6.45) is 0.691. The number of aryl methyl sites for hydroxylation is 2. The lowest BCUT2D eigenvalue weighted by Crippen LogP contribution is -2.50. The van der Waals surface area contributed by atoms with E-state index in [1.807, 2.05) is 45.9 Å². The van der Waals surface area contributed by atoms with Gasteiger partial charge in [-0.05, 0) is 52.8 Å². The molecule has 1 amide bonds. The zero-order valence-corrected chi connectivity index (χ0v) is 20.2. The minimum absolute atomic E-state index is 0.239. The number of halogens is 1. The van der Waals surface area contributed by atoms with Crippen molar-refractivity contribution in [1.29, 1.82) is 0 Å². The van der Waals surface area contributed by atoms with E-state index in [0.29, 0.717) is 18.8 Å². The Hall–Kier alpha value is -2.87. The van der Waals surface area contributed by atoms with Crippen molar-refractivity contribution in [2.45, 2.75) is 46.3 Å². The van der Waals surface area contributed by atoms with Crippen LogP contribution in [-0.2, 0) is 11.3 Å². The first kappa shape index (κ1) is 23.3. The Balaban J connectivity index is 1.45. The molecule has 3 aromatic rings. The van der Waals surface area contributed by atoms with E-state index >= 15 is 0 Å². The lowest BCUT2D eigenvalue weighted by atomic mass is 10.1. The molecule has 2 aromatic heterocycles. The highest BCUT2D eigenvalue weighted by Crippen LogP contribution is 2.33. The number of benzene rings is 1. The van der Waals surface area contributed by atoms with E-state index in [1.165, 1.54) is 6.07 Å². The number of carbonyl (C=O) groups is 1. The second kappa shape index (κ2) is 9.17. The minimum atomic E-state index is -0.477. The monoisotopic (exact) mass is 456 g/mol. The molecule has 0 N–H and O–H groups in total. The highest BCUT2D eigenvalue weighted by molar-refractivity contribution is 6.09. The SMILES string of the molecule is COc1ccc2c3cc(F)nc(C)c3n(CCCN3CCN(C(=O)OC(C)(C)C)CC3)c2c1. The molecule has 1 aliphatic heterocycles. The van der Waals surface area contributed by atoms with Crippen molar-refractivity contribution < 1.29 is 18.7 Å². The third kappa shape index (κ3) is 5.05. The van der Waals surface area contributed by atoms with Crippen LogP contribution in [0.25, 0.3) is 21.8 Å². The minimum Gasteiger partial charge on any atom is -0.497 e. The Bertz CT molecular complexity index is 1160. The largest absolute Gasteiger partial charge is 0.497 e. The smallest absolute Gasteiger partial charge is 0.410 e. The summed E-state index contributed by atoms with van der Waals surface area (Å²) in [4.78, 5) is 20.5. The Morgan fingerprint density at radius 2 is 1.82 bits per heavy atom. The molecule has 0 saturated carbocycles. The zero-order valence-electron chi connectivity index (χ0n) is 20.2. The average Bonchev–Trinajstić information content (AvgIpc) is 3.06. The molecule has 33 heavy (non-hydrogen) atoms. The van der Waals surface area contributed by atoms with Crippen LogP contribution in [-0.4, -0.2) is 70.9 Å². The number of piperazine rings is 1. The summed E-state index contributed by atoms with van der Waals surface area (Å²) >= 11 is 0. The average molecular weight is 457 g/mol. The fourth-order valence-corrected chi connectivity index (χ4v) is 4.55. The highest BCUT2D eigenvalue weighted by atomic mass is 19.1. The molecule has 0 spiro atoms. The Kier molecular flexibility index (Phi) is 6.47. The van der Waals surface area contributed by atoms with Gasteiger partial charge in [-0.25, -0.2) is 9.78 Å². The number of nitrogens with zero attached hydrogens (tertiary/aromatic N) is 4. The van der Waals surface area contributed by atoms with Crippen LogP contribution >= 0.6 is 0 Å². The van der Waals surface area contributed by atoms with Gasteiger partial charge in [-0.2, -0.15) is 4.39 Å². The molecule has 1 aromatic carbocycles. The van der Waals surface area contributed by atoms with E-state index in [1.54, 1.807) is 12.0 Å². The normalized spacial score (nSPS) is 15.4. The van der Waals surface area contributed by atoms with E-state index in [-0.39, 0.29) is 6.09 Å². The number of hydrogen-bond acceptors (Lipinski definition) is 5. The molecule has 0 aliphatic carbocycles. The van der Waals surface area contributed by atoms with Crippen LogP contribution in [0.1, 0.15) is 32.9 Å². The lowest BCUT2D eigenvalue weighted by molar-refractivity contribution is 0.0144. The number of methoxy groups -OCH3 is 1. The van der Waals surface area contributed by atoms with E-state index in [2.05, 4.69) is 14.5 Å². The molecule has 0 bridgehead atoms. The first-order chi connectivity index (χ1) is 15.7. The fraction of sp³-hybridized carbons (Fsp3) is 0.520. The highest BCUT2D eigenvalue weighted by Gasteiger charge is 2.25. The molecule has 0 unspecified atom stereocenters. The molecule has 0 radical (unpaired) electrons. The second-order valence-corrected chi connectivity index (χ2v) is 9.62. The fourth-order valence-electron chi connectivity index (χ4n) is 4.55. The predicted octanol–water partition coefficient (Wildman–Crippen LogP) is 4.59. The standard InChI is InChI=1S/C25H33FN4O3/c1-17-23-20(16-22(26)27-17)19-8-7-18(32-5)15-21(19)30(23)10-6-9-28-11-13-29(14-12-28)24(31)33-25(2,3)4/h7-8,15-16H,6,9-14H2,1-5H3. The summed E-state index contributed by atoms with van der Waals surface area (Å²) in [6.45, 7) is 12.2. The Labute approximate surface area is 194 Å². The van der Waals surface area contributed by atoms with Gasteiger partial charge in [0.05, 0.1) is 23.8 Å². The van der Waals surface area contributed by atoms with Crippen molar-refractivity contribution in [2.75, 3.05) is 39.8 Å². The number of carbonyl (C=O) groups excluding carboxylic acids is 1. The first-order valence-corrected chi connectivity index (χ1v) is 11.5. The number of rotatable bonds is 5. The number of ether oxygens (including phenoxy) is 2. The van der Waals surface area contributed by atoms with E-state index < -0.39 is 11.5 Å². The van der Waals surface area contributed by atoms with Crippen molar-refractivity contribution in [3.63, 3.8) is 0 Å². The number of amides is 1. The topological polar surface area (TPSA) is 59.8 Å². The zero-order chi connectivity index (χ0) is 23.8. The molecule has 1 aliphatic rings. The van der Waals surface area contributed by atoms with Crippen molar-refractivity contribution in [3.05, 3.63) is 35.9 Å². The van der Waals surface area contributed by atoms with Gasteiger partial charge in [0, 0.05) is 55.6 Å². The van der Waals surface area contributed by atoms with Gasteiger partial charge in [0.25, 0.3) is 0 Å². The molecule has 178 valence electrons. The van der Waals surface area contributed by atoms with Crippen LogP contribution < -0.4 is 4.74 Å². The van der Waals surface area contributed by atoms with E-state index in [0.717, 1.165) is 60.2 Å². The van der Waals surface area contributed by atoms with Gasteiger partial charge in [0.2, 0.25) is 5.95 Å².